The van der Waals surface area contributed by atoms with Gasteiger partial charge in [-0.25, -0.2) is 0 Å². The number of rotatable bonds is 0. The molecule has 0 aliphatic carbocycles. The van der Waals surface area contributed by atoms with E-state index in [0.717, 1.165) is 0 Å². The molecule has 0 saturated carbocycles. The largest absolute Gasteiger partial charge is 0.385 e. The van der Waals surface area contributed by atoms with Crippen molar-refractivity contribution >= 4 is 40.8 Å². The van der Waals surface area contributed by atoms with Crippen molar-refractivity contribution in [3.05, 3.63) is 0 Å². The maximum Gasteiger partial charge on any atom is 0.271 e. The lowest BCUT2D eigenvalue weighted by molar-refractivity contribution is -0.132. The highest BCUT2D eigenvalue weighted by Gasteiger charge is 2.50. The molecule has 3 aliphatic heterocycles. The first kappa shape index (κ1) is 21.3. The lowest BCUT2D eigenvalue weighted by atomic mass is 10.1. The number of aliphatic hydroxyl groups excluding tert-OH is 4. The summed E-state index contributed by atoms with van der Waals surface area (Å²) in [6.45, 7) is -0.553. The molecule has 0 aromatic rings. The molecule has 0 bridgehead atoms. The molecule has 10 unspecified atom stereocenters. The van der Waals surface area contributed by atoms with Gasteiger partial charge in [0.2, 0.25) is 7.57 Å². The van der Waals surface area contributed by atoms with Gasteiger partial charge in [0.15, 0.2) is 12.6 Å². The zero-order chi connectivity index (χ0) is 19.3. The van der Waals surface area contributed by atoms with Crippen molar-refractivity contribution < 1.29 is 52.6 Å². The first-order chi connectivity index (χ1) is 12.0. The summed E-state index contributed by atoms with van der Waals surface area (Å²) in [6.07, 6.45) is -13.0. The third kappa shape index (κ3) is 4.60. The van der Waals surface area contributed by atoms with Gasteiger partial charge in [-0.2, -0.15) is 0 Å². The van der Waals surface area contributed by atoms with Crippen LogP contribution in [0.1, 0.15) is 0 Å². The highest BCUT2D eigenvalue weighted by atomic mass is 32.4. The van der Waals surface area contributed by atoms with Gasteiger partial charge in [0.05, 0.1) is 13.2 Å². The van der Waals surface area contributed by atoms with Crippen LogP contribution < -0.4 is 0 Å². The van der Waals surface area contributed by atoms with Crippen LogP contribution in [0.3, 0.4) is 0 Å². The van der Waals surface area contributed by atoms with Crippen LogP contribution in [0.5, 0.6) is 0 Å². The van der Waals surface area contributed by atoms with Crippen LogP contribution in [-0.2, 0) is 43.9 Å². The topological polar surface area (TPSA) is 153 Å². The summed E-state index contributed by atoms with van der Waals surface area (Å²) >= 11 is 5.31. The molecular formula is C10H20B2O11P2S. The summed E-state index contributed by atoms with van der Waals surface area (Å²) in [5.74, 6) is 0. The fraction of sp³-hybridized carbons (Fsp3) is 1.00. The lowest BCUT2D eigenvalue weighted by Crippen LogP contribution is -2.39. The zero-order valence-corrected chi connectivity index (χ0v) is 16.6. The van der Waals surface area contributed by atoms with Crippen LogP contribution in [0.2, 0.25) is 0 Å². The van der Waals surface area contributed by atoms with E-state index in [0.29, 0.717) is 0 Å². The maximum absolute atomic E-state index is 12.6. The summed E-state index contributed by atoms with van der Waals surface area (Å²) in [7, 11) is -1.03. The molecule has 26 heavy (non-hydrogen) atoms. The first-order valence-electron chi connectivity index (χ1n) is 7.83. The Kier molecular flexibility index (Phi) is 6.39. The predicted molar refractivity (Wildman–Crippen MR) is 94.4 cm³/mol. The third-order valence-corrected chi connectivity index (χ3v) is 7.26. The summed E-state index contributed by atoms with van der Waals surface area (Å²) in [5.41, 5.74) is 0. The molecule has 0 radical (unpaired) electrons. The van der Waals surface area contributed by atoms with Crippen LogP contribution in [0.15, 0.2) is 0 Å². The van der Waals surface area contributed by atoms with E-state index in [1.807, 2.05) is 0 Å². The Balaban J connectivity index is 1.85. The number of aliphatic hydroxyl groups is 4. The number of hydrogen-bond donors (Lipinski definition) is 4. The quantitative estimate of drug-likeness (QED) is 0.223. The Labute approximate surface area is 156 Å². The molecule has 3 aliphatic rings. The van der Waals surface area contributed by atoms with Crippen molar-refractivity contribution in [3.63, 3.8) is 0 Å². The molecule has 3 saturated heterocycles. The first-order valence-corrected chi connectivity index (χ1v) is 12.9. The fourth-order valence-corrected chi connectivity index (χ4v) is 5.73. The second-order valence-electron chi connectivity index (χ2n) is 6.39. The minimum atomic E-state index is -3.72. The van der Waals surface area contributed by atoms with Gasteiger partial charge in [0, 0.05) is 0 Å². The molecule has 3 fully saturated rings. The van der Waals surface area contributed by atoms with Crippen molar-refractivity contribution in [3.8, 4) is 0 Å². The molecular weight excluding hydrogens is 412 g/mol. The standard InChI is InChI=1S/C10H20B2O11P2S/c11-24(17)18-1-3-8(6(14)10(16)20-3)23-25(12,26)19-2-4-7(22-24)5(13)9(15)21-4/h3-10,13-16H,1-2,11-12H2. The van der Waals surface area contributed by atoms with E-state index >= 15 is 0 Å². The number of fused-ring (bicyclic) bond motifs is 2. The van der Waals surface area contributed by atoms with Gasteiger partial charge < -0.3 is 48.0 Å². The van der Waals surface area contributed by atoms with Gasteiger partial charge in [-0.15, -0.1) is 0 Å². The van der Waals surface area contributed by atoms with Crippen LogP contribution in [0.4, 0.5) is 0 Å². The van der Waals surface area contributed by atoms with Crippen LogP contribution in [0, 0.1) is 0 Å². The second kappa shape index (κ2) is 7.79. The van der Waals surface area contributed by atoms with Gasteiger partial charge in [0.1, 0.15) is 43.0 Å². The average Bonchev–Trinajstić information content (AvgIpc) is 2.95. The highest BCUT2D eigenvalue weighted by molar-refractivity contribution is 8.21. The van der Waals surface area contributed by atoms with Crippen molar-refractivity contribution in [2.45, 2.75) is 49.2 Å². The van der Waals surface area contributed by atoms with E-state index < -0.39 is 63.0 Å². The van der Waals surface area contributed by atoms with Crippen LogP contribution in [0.25, 0.3) is 0 Å². The molecule has 11 nitrogen and oxygen atoms in total. The molecule has 0 aromatic carbocycles. The van der Waals surface area contributed by atoms with Gasteiger partial charge >= 0.3 is 0 Å². The highest BCUT2D eigenvalue weighted by Crippen LogP contribution is 2.51. The van der Waals surface area contributed by atoms with Crippen molar-refractivity contribution in [1.82, 2.24) is 0 Å². The minimum absolute atomic E-state index is 0.219. The molecule has 148 valence electrons. The van der Waals surface area contributed by atoms with E-state index in [1.165, 1.54) is 15.1 Å². The molecule has 16 heteroatoms. The van der Waals surface area contributed by atoms with Gasteiger partial charge in [-0.1, -0.05) is 0 Å². The van der Waals surface area contributed by atoms with Crippen molar-refractivity contribution in [2.75, 3.05) is 13.2 Å². The summed E-state index contributed by atoms with van der Waals surface area (Å²) in [5, 5.41) is 39.5. The lowest BCUT2D eigenvalue weighted by Gasteiger charge is -2.31. The van der Waals surface area contributed by atoms with Crippen molar-refractivity contribution in [1.29, 1.82) is 0 Å². The fourth-order valence-electron chi connectivity index (χ4n) is 2.89. The molecule has 10 atom stereocenters. The third-order valence-electron chi connectivity index (χ3n) is 4.19. The van der Waals surface area contributed by atoms with Gasteiger partial charge in [-0.3, -0.25) is 4.57 Å². The Bertz CT molecular complexity index is 576. The van der Waals surface area contributed by atoms with Gasteiger partial charge in [-0.05, 0) is 11.8 Å². The monoisotopic (exact) mass is 432 g/mol. The average molecular weight is 432 g/mol. The number of ether oxygens (including phenoxy) is 2. The Morgan fingerprint density at radius 1 is 0.846 bits per heavy atom. The van der Waals surface area contributed by atoms with Gasteiger partial charge in [0.25, 0.3) is 15.0 Å². The smallest absolute Gasteiger partial charge is 0.271 e. The molecule has 4 N–H and O–H groups in total. The van der Waals surface area contributed by atoms with E-state index in [-0.39, 0.29) is 13.2 Å². The summed E-state index contributed by atoms with van der Waals surface area (Å²) in [6, 6.07) is 0. The Hall–Kier alpha value is 0.610. The SMILES string of the molecule is BP1(=O)OCC2OC(O)C(O)C2OP(B)(=S)OCC2OC(O)C(O)C2O1. The predicted octanol–water partition coefficient (Wildman–Crippen LogP) is -3.44. The molecule has 0 spiro atoms. The normalized spacial score (nSPS) is 56.2. The Morgan fingerprint density at radius 2 is 1.31 bits per heavy atom. The summed E-state index contributed by atoms with van der Waals surface area (Å²) < 4.78 is 44.8. The summed E-state index contributed by atoms with van der Waals surface area (Å²) in [4.78, 5) is 0. The molecule has 0 amide bonds. The maximum atomic E-state index is 12.6. The second-order valence-corrected chi connectivity index (χ2v) is 12.4. The van der Waals surface area contributed by atoms with E-state index in [9.17, 15) is 25.0 Å². The van der Waals surface area contributed by atoms with Crippen LogP contribution in [-0.4, -0.2) is 98.0 Å². The Morgan fingerprint density at radius 3 is 1.85 bits per heavy atom. The van der Waals surface area contributed by atoms with E-state index in [1.54, 1.807) is 0 Å². The van der Waals surface area contributed by atoms with E-state index in [4.69, 9.17) is 39.4 Å². The van der Waals surface area contributed by atoms with Crippen molar-refractivity contribution in [2.24, 2.45) is 0 Å². The molecule has 3 rings (SSSR count). The van der Waals surface area contributed by atoms with E-state index in [2.05, 4.69) is 0 Å². The zero-order valence-electron chi connectivity index (χ0n) is 14.0. The molecule has 0 aromatic heterocycles. The molecule has 3 heterocycles. The minimum Gasteiger partial charge on any atom is -0.385 e. The number of hydrogen-bond acceptors (Lipinski definition) is 12. The van der Waals surface area contributed by atoms with Crippen LogP contribution >= 0.6 is 13.8 Å².